The van der Waals surface area contributed by atoms with Crippen LogP contribution in [0.25, 0.3) is 43.4 Å². The van der Waals surface area contributed by atoms with Crippen LogP contribution in [-0.2, 0) is 10.8 Å². The van der Waals surface area contributed by atoms with Crippen molar-refractivity contribution in [2.24, 2.45) is 0 Å². The third-order valence-electron chi connectivity index (χ3n) is 7.11. The highest BCUT2D eigenvalue weighted by molar-refractivity contribution is 5.97. The number of anilines is 1. The lowest BCUT2D eigenvalue weighted by atomic mass is 9.86. The Hall–Kier alpha value is -4.72. The molecule has 5 N–H and O–H groups in total. The predicted octanol–water partition coefficient (Wildman–Crippen LogP) is 5.62. The number of nitrogens with zero attached hydrogens (tertiary/aromatic N) is 1. The molecule has 0 aliphatic heterocycles. The van der Waals surface area contributed by atoms with Crippen molar-refractivity contribution in [3.05, 3.63) is 103 Å². The van der Waals surface area contributed by atoms with E-state index in [9.17, 15) is 14.4 Å². The molecule has 0 aliphatic rings. The normalized spacial score (nSPS) is 12.2. The molecule has 0 atom stereocenters. The van der Waals surface area contributed by atoms with Crippen LogP contribution in [0.5, 0.6) is 0 Å². The quantitative estimate of drug-likeness (QED) is 0.187. The van der Waals surface area contributed by atoms with Gasteiger partial charge in [-0.1, -0.05) is 77.9 Å². The van der Waals surface area contributed by atoms with E-state index in [0.717, 1.165) is 21.5 Å². The molecule has 0 spiro atoms. The number of nitrogens with two attached hydrogens (primary N) is 1. The van der Waals surface area contributed by atoms with E-state index < -0.39 is 5.69 Å². The predicted molar refractivity (Wildman–Crippen MR) is 164 cm³/mol. The molecule has 40 heavy (non-hydrogen) atoms. The van der Waals surface area contributed by atoms with Crippen molar-refractivity contribution in [3.8, 4) is 0 Å². The van der Waals surface area contributed by atoms with Crippen LogP contribution < -0.4 is 22.5 Å². The van der Waals surface area contributed by atoms with E-state index in [-0.39, 0.29) is 27.9 Å². The Morgan fingerprint density at radius 3 is 1.70 bits per heavy atom. The first-order chi connectivity index (χ1) is 18.7. The van der Waals surface area contributed by atoms with E-state index in [4.69, 9.17) is 5.73 Å². The zero-order valence-electron chi connectivity index (χ0n) is 23.5. The Balaban J connectivity index is 0.000000161. The van der Waals surface area contributed by atoms with Crippen LogP contribution in [0.3, 0.4) is 0 Å². The summed E-state index contributed by atoms with van der Waals surface area (Å²) in [7, 11) is 0. The molecule has 0 bridgehead atoms. The molecule has 8 heteroatoms. The number of nitrogen functional groups attached to an aromatic ring is 1. The Kier molecular flexibility index (Phi) is 6.37. The van der Waals surface area contributed by atoms with E-state index in [2.05, 4.69) is 91.8 Å². The van der Waals surface area contributed by atoms with Crippen molar-refractivity contribution < 1.29 is 0 Å². The van der Waals surface area contributed by atoms with Crippen molar-refractivity contribution in [2.75, 3.05) is 5.73 Å². The number of benzene rings is 4. The van der Waals surface area contributed by atoms with Crippen LogP contribution in [0.4, 0.5) is 5.95 Å². The maximum atomic E-state index is 11.9. The summed E-state index contributed by atoms with van der Waals surface area (Å²) in [6.07, 6.45) is 0. The van der Waals surface area contributed by atoms with E-state index in [1.807, 2.05) is 30.3 Å². The summed E-state index contributed by atoms with van der Waals surface area (Å²) in [6.45, 7) is 13.0. The fourth-order valence-corrected chi connectivity index (χ4v) is 4.75. The minimum absolute atomic E-state index is 0.0561. The summed E-state index contributed by atoms with van der Waals surface area (Å²) in [4.78, 5) is 46.7. The average Bonchev–Trinajstić information content (AvgIpc) is 2.85. The van der Waals surface area contributed by atoms with Crippen molar-refractivity contribution >= 4 is 49.3 Å². The van der Waals surface area contributed by atoms with Gasteiger partial charge in [-0.25, -0.2) is 9.78 Å². The Labute approximate surface area is 230 Å². The van der Waals surface area contributed by atoms with E-state index in [1.54, 1.807) is 0 Å². The van der Waals surface area contributed by atoms with Gasteiger partial charge in [-0.15, -0.1) is 0 Å². The second-order valence-corrected chi connectivity index (χ2v) is 12.3. The molecule has 0 unspecified atom stereocenters. The van der Waals surface area contributed by atoms with Crippen LogP contribution in [0.15, 0.2) is 75.0 Å². The molecule has 0 aliphatic carbocycles. The molecule has 6 aromatic rings. The first-order valence-corrected chi connectivity index (χ1v) is 13.1. The standard InChI is InChI=1S/C16H17N3O.C16H16N2O2/c1-16(2,3)11-5-4-9-8-13-12(7-10(9)6-11)14(20)19-15(17)18-13;1-16(2,3)11-5-4-9-8-13-12(7-10(9)6-11)14(19)18-15(20)17-13/h4-8H,1-3H3,(H3,17,18,19,20);4-8H,1-3H3,(H2,17,18,19,20). The van der Waals surface area contributed by atoms with Gasteiger partial charge >= 0.3 is 5.69 Å². The highest BCUT2D eigenvalue weighted by Gasteiger charge is 2.15. The summed E-state index contributed by atoms with van der Waals surface area (Å²) in [5.74, 6) is 0.146. The maximum absolute atomic E-state index is 11.9. The first-order valence-electron chi connectivity index (χ1n) is 13.1. The second-order valence-electron chi connectivity index (χ2n) is 12.3. The van der Waals surface area contributed by atoms with Crippen LogP contribution >= 0.6 is 0 Å². The van der Waals surface area contributed by atoms with Crippen molar-refractivity contribution in [1.29, 1.82) is 0 Å². The number of fused-ring (bicyclic) bond motifs is 4. The summed E-state index contributed by atoms with van der Waals surface area (Å²) in [6, 6.07) is 20.0. The fraction of sp³-hybridized carbons (Fsp3) is 0.250. The van der Waals surface area contributed by atoms with Gasteiger partial charge in [0, 0.05) is 0 Å². The third-order valence-corrected chi connectivity index (χ3v) is 7.11. The van der Waals surface area contributed by atoms with Crippen molar-refractivity contribution in [3.63, 3.8) is 0 Å². The van der Waals surface area contributed by atoms with Gasteiger partial charge in [0.15, 0.2) is 0 Å². The van der Waals surface area contributed by atoms with E-state index in [0.29, 0.717) is 21.8 Å². The third kappa shape index (κ3) is 5.25. The number of H-pyrrole nitrogens is 3. The molecule has 0 saturated heterocycles. The minimum Gasteiger partial charge on any atom is -0.369 e. The summed E-state index contributed by atoms with van der Waals surface area (Å²) in [5.41, 5.74) is 8.33. The molecular formula is C32H33N5O3. The molecule has 6 rings (SSSR count). The van der Waals surface area contributed by atoms with Crippen molar-refractivity contribution in [2.45, 2.75) is 52.4 Å². The van der Waals surface area contributed by atoms with Gasteiger partial charge in [0.05, 0.1) is 21.8 Å². The van der Waals surface area contributed by atoms with Gasteiger partial charge in [-0.2, -0.15) is 0 Å². The van der Waals surface area contributed by atoms with Crippen LogP contribution in [0, 0.1) is 0 Å². The molecule has 0 saturated carbocycles. The lowest BCUT2D eigenvalue weighted by Crippen LogP contribution is -2.21. The fourth-order valence-electron chi connectivity index (χ4n) is 4.75. The number of hydrogen-bond donors (Lipinski definition) is 4. The van der Waals surface area contributed by atoms with Gasteiger partial charge < -0.3 is 10.7 Å². The number of nitrogens with one attached hydrogen (secondary N) is 3. The summed E-state index contributed by atoms with van der Waals surface area (Å²) >= 11 is 0. The zero-order valence-corrected chi connectivity index (χ0v) is 23.5. The first kappa shape index (κ1) is 26.9. The largest absolute Gasteiger partial charge is 0.369 e. The highest BCUT2D eigenvalue weighted by Crippen LogP contribution is 2.29. The maximum Gasteiger partial charge on any atom is 0.326 e. The number of hydrogen-bond acceptors (Lipinski definition) is 5. The molecule has 0 amide bonds. The molecule has 204 valence electrons. The SMILES string of the molecule is CC(C)(C)c1ccc2cc3[nH]c(=O)[nH]c(=O)c3cc2c1.CC(C)(C)c1ccc2cc3nc(N)[nH]c(=O)c3cc2c1. The van der Waals surface area contributed by atoms with Crippen LogP contribution in [0.1, 0.15) is 52.7 Å². The summed E-state index contributed by atoms with van der Waals surface area (Å²) < 4.78 is 0. The van der Waals surface area contributed by atoms with Crippen molar-refractivity contribution in [1.82, 2.24) is 19.9 Å². The number of aromatic nitrogens is 4. The smallest absolute Gasteiger partial charge is 0.326 e. The average molecular weight is 536 g/mol. The zero-order chi connectivity index (χ0) is 29.0. The Morgan fingerprint density at radius 1 is 0.600 bits per heavy atom. The molecule has 8 nitrogen and oxygen atoms in total. The van der Waals surface area contributed by atoms with Gasteiger partial charge in [-0.05, 0) is 67.8 Å². The van der Waals surface area contributed by atoms with Gasteiger partial charge in [0.1, 0.15) is 0 Å². The monoisotopic (exact) mass is 535 g/mol. The van der Waals surface area contributed by atoms with E-state index in [1.165, 1.54) is 11.1 Å². The van der Waals surface area contributed by atoms with Gasteiger partial charge in [0.25, 0.3) is 11.1 Å². The summed E-state index contributed by atoms with van der Waals surface area (Å²) in [5, 5.41) is 5.18. The Bertz CT molecular complexity index is 2110. The molecular weight excluding hydrogens is 502 g/mol. The number of rotatable bonds is 0. The molecule has 2 heterocycles. The van der Waals surface area contributed by atoms with Crippen LogP contribution in [-0.4, -0.2) is 19.9 Å². The Morgan fingerprint density at radius 2 is 1.12 bits per heavy atom. The lowest BCUT2D eigenvalue weighted by molar-refractivity contribution is 0.591. The van der Waals surface area contributed by atoms with Gasteiger partial charge in [0.2, 0.25) is 5.95 Å². The molecule has 2 aromatic heterocycles. The molecule has 0 radical (unpaired) electrons. The van der Waals surface area contributed by atoms with Gasteiger partial charge in [-0.3, -0.25) is 19.6 Å². The molecule has 4 aromatic carbocycles. The number of aromatic amines is 3. The second kappa shape index (κ2) is 9.48. The highest BCUT2D eigenvalue weighted by atomic mass is 16.2. The minimum atomic E-state index is -0.479. The van der Waals surface area contributed by atoms with E-state index >= 15 is 0 Å². The molecule has 0 fully saturated rings. The lowest BCUT2D eigenvalue weighted by Gasteiger charge is -2.19. The van der Waals surface area contributed by atoms with Crippen LogP contribution in [0.2, 0.25) is 0 Å². The topological polar surface area (TPSA) is 137 Å².